The van der Waals surface area contributed by atoms with E-state index in [2.05, 4.69) is 25.2 Å². The Morgan fingerprint density at radius 3 is 2.50 bits per heavy atom. The highest BCUT2D eigenvalue weighted by Gasteiger charge is 2.37. The van der Waals surface area contributed by atoms with Gasteiger partial charge in [0.05, 0.1) is 30.3 Å². The topological polar surface area (TPSA) is 67.5 Å². The third-order valence-electron chi connectivity index (χ3n) is 5.90. The fourth-order valence-corrected chi connectivity index (χ4v) is 3.99. The van der Waals surface area contributed by atoms with Crippen LogP contribution < -0.4 is 4.74 Å². The number of hydrogen-bond donors (Lipinski definition) is 2. The molecule has 2 aliphatic carbocycles. The summed E-state index contributed by atoms with van der Waals surface area (Å²) >= 11 is 0. The molecule has 28 heavy (non-hydrogen) atoms. The Kier molecular flexibility index (Phi) is 5.13. The van der Waals surface area contributed by atoms with E-state index in [0.717, 1.165) is 29.1 Å². The van der Waals surface area contributed by atoms with Crippen LogP contribution in [0.5, 0.6) is 5.75 Å². The average Bonchev–Trinajstić information content (AvgIpc) is 3.17. The highest BCUT2D eigenvalue weighted by molar-refractivity contribution is 5.74. The predicted octanol–water partition coefficient (Wildman–Crippen LogP) is 3.98. The Labute approximate surface area is 166 Å². The minimum absolute atomic E-state index is 0.325. The third kappa shape index (κ3) is 3.64. The molecule has 1 atom stereocenters. The summed E-state index contributed by atoms with van der Waals surface area (Å²) < 4.78 is 7.18. The van der Waals surface area contributed by atoms with E-state index < -0.39 is 5.60 Å². The molecule has 5 nitrogen and oxygen atoms in total. The summed E-state index contributed by atoms with van der Waals surface area (Å²) in [5, 5.41) is 25.9. The first-order valence-corrected chi connectivity index (χ1v) is 10.0. The van der Waals surface area contributed by atoms with Gasteiger partial charge >= 0.3 is 0 Å². The van der Waals surface area contributed by atoms with E-state index in [4.69, 9.17) is 9.84 Å². The zero-order chi connectivity index (χ0) is 19.7. The van der Waals surface area contributed by atoms with Crippen molar-refractivity contribution in [3.8, 4) is 11.4 Å². The normalized spacial score (nSPS) is 27.5. The molecule has 1 saturated carbocycles. The van der Waals surface area contributed by atoms with Gasteiger partial charge in [0.25, 0.3) is 0 Å². The minimum Gasteiger partial charge on any atom is -0.497 e. The van der Waals surface area contributed by atoms with E-state index >= 15 is 0 Å². The minimum atomic E-state index is -0.988. The molecule has 4 rings (SSSR count). The first-order valence-electron chi connectivity index (χ1n) is 10.0. The second-order valence-electron chi connectivity index (χ2n) is 8.02. The van der Waals surface area contributed by atoms with Gasteiger partial charge in [-0.25, -0.2) is 4.68 Å². The molecule has 1 aromatic heterocycles. The smallest absolute Gasteiger partial charge is 0.119 e. The number of aromatic nitrogens is 2. The van der Waals surface area contributed by atoms with E-state index in [-0.39, 0.29) is 6.10 Å². The average molecular weight is 380 g/mol. The van der Waals surface area contributed by atoms with E-state index in [1.165, 1.54) is 0 Å². The molecule has 0 radical (unpaired) electrons. The summed E-state index contributed by atoms with van der Waals surface area (Å²) in [7, 11) is 1.65. The molecule has 5 heteroatoms. The highest BCUT2D eigenvalue weighted by atomic mass is 16.5. The van der Waals surface area contributed by atoms with Crippen molar-refractivity contribution in [1.82, 2.24) is 9.78 Å². The van der Waals surface area contributed by atoms with Crippen LogP contribution in [0.2, 0.25) is 0 Å². The maximum atomic E-state index is 11.2. The zero-order valence-corrected chi connectivity index (χ0v) is 16.5. The third-order valence-corrected chi connectivity index (χ3v) is 5.90. The van der Waals surface area contributed by atoms with E-state index in [0.29, 0.717) is 37.3 Å². The molecule has 0 amide bonds. The largest absolute Gasteiger partial charge is 0.497 e. The lowest BCUT2D eigenvalue weighted by Gasteiger charge is -2.32. The van der Waals surface area contributed by atoms with Crippen molar-refractivity contribution in [2.45, 2.75) is 50.7 Å². The Morgan fingerprint density at radius 2 is 1.89 bits per heavy atom. The number of nitrogens with zero attached hydrogens (tertiary/aromatic N) is 2. The van der Waals surface area contributed by atoms with Crippen LogP contribution >= 0.6 is 0 Å². The number of methoxy groups -OCH3 is 1. The quantitative estimate of drug-likeness (QED) is 0.842. The van der Waals surface area contributed by atoms with Crippen molar-refractivity contribution >= 4 is 5.57 Å². The van der Waals surface area contributed by atoms with Crippen molar-refractivity contribution in [3.63, 3.8) is 0 Å². The molecule has 0 saturated heterocycles. The van der Waals surface area contributed by atoms with Gasteiger partial charge < -0.3 is 14.9 Å². The molecule has 2 aliphatic rings. The van der Waals surface area contributed by atoms with Crippen molar-refractivity contribution in [2.24, 2.45) is 5.92 Å². The van der Waals surface area contributed by atoms with Crippen molar-refractivity contribution in [1.29, 1.82) is 0 Å². The summed E-state index contributed by atoms with van der Waals surface area (Å²) in [5.74, 6) is 1.33. The molecule has 0 aliphatic heterocycles. The van der Waals surface area contributed by atoms with Crippen LogP contribution in [0.3, 0.4) is 0 Å². The number of ether oxygens (including phenoxy) is 1. The van der Waals surface area contributed by atoms with Gasteiger partial charge in [0.2, 0.25) is 0 Å². The number of aliphatic hydroxyl groups excluding tert-OH is 1. The number of rotatable bonds is 4. The van der Waals surface area contributed by atoms with Gasteiger partial charge in [-0.3, -0.25) is 0 Å². The lowest BCUT2D eigenvalue weighted by Crippen LogP contribution is -2.33. The van der Waals surface area contributed by atoms with Crippen LogP contribution in [0.15, 0.2) is 48.6 Å². The molecule has 0 spiro atoms. The van der Waals surface area contributed by atoms with Gasteiger partial charge in [-0.1, -0.05) is 25.2 Å². The number of allylic oxidation sites excluding steroid dienone is 4. The zero-order valence-electron chi connectivity index (χ0n) is 16.5. The van der Waals surface area contributed by atoms with Gasteiger partial charge in [0.1, 0.15) is 11.4 Å². The first-order chi connectivity index (χ1) is 13.5. The van der Waals surface area contributed by atoms with Gasteiger partial charge in [-0.15, -0.1) is 0 Å². The molecular weight excluding hydrogens is 352 g/mol. The van der Waals surface area contributed by atoms with Crippen LogP contribution in [0.25, 0.3) is 11.3 Å². The summed E-state index contributed by atoms with van der Waals surface area (Å²) in [6, 6.07) is 9.79. The van der Waals surface area contributed by atoms with Gasteiger partial charge in [0.15, 0.2) is 0 Å². The lowest BCUT2D eigenvalue weighted by molar-refractivity contribution is -0.0393. The SMILES string of the molecule is COc1ccc(-n2nc(C3(O)CCC(O)CC3)cc2C2=CCC(C)C=C2)cc1. The molecule has 1 aromatic carbocycles. The predicted molar refractivity (Wildman–Crippen MR) is 109 cm³/mol. The van der Waals surface area contributed by atoms with Gasteiger partial charge in [-0.2, -0.15) is 5.10 Å². The molecule has 2 N–H and O–H groups in total. The highest BCUT2D eigenvalue weighted by Crippen LogP contribution is 2.38. The fraction of sp³-hybridized carbons (Fsp3) is 0.435. The Hall–Kier alpha value is -2.37. The molecule has 1 heterocycles. The van der Waals surface area contributed by atoms with E-state index in [9.17, 15) is 10.2 Å². The van der Waals surface area contributed by atoms with Crippen LogP contribution in [-0.2, 0) is 5.60 Å². The molecule has 2 aromatic rings. The van der Waals surface area contributed by atoms with Crippen molar-refractivity contribution in [3.05, 3.63) is 59.9 Å². The lowest BCUT2D eigenvalue weighted by atomic mass is 9.81. The maximum Gasteiger partial charge on any atom is 0.119 e. The summed E-state index contributed by atoms with van der Waals surface area (Å²) in [6.07, 6.45) is 9.51. The molecule has 1 fully saturated rings. The van der Waals surface area contributed by atoms with Gasteiger partial charge in [-0.05, 0) is 73.9 Å². The van der Waals surface area contributed by atoms with E-state index in [1.807, 2.05) is 35.0 Å². The molecule has 1 unspecified atom stereocenters. The number of benzene rings is 1. The van der Waals surface area contributed by atoms with Crippen LogP contribution in [-0.4, -0.2) is 33.2 Å². The molecule has 0 bridgehead atoms. The van der Waals surface area contributed by atoms with Crippen LogP contribution in [0.1, 0.15) is 50.4 Å². The maximum absolute atomic E-state index is 11.2. The Bertz CT molecular complexity index is 887. The van der Waals surface area contributed by atoms with Crippen LogP contribution in [0, 0.1) is 5.92 Å². The standard InChI is InChI=1S/C23H28N2O3/c1-16-3-5-17(6-4-16)21-15-22(23(27)13-11-19(26)12-14-23)24-25(21)18-7-9-20(28-2)10-8-18/h3,5-10,15-16,19,26-27H,4,11-14H2,1-2H3. The number of aliphatic hydroxyl groups is 2. The molecule has 148 valence electrons. The van der Waals surface area contributed by atoms with Crippen molar-refractivity contribution < 1.29 is 14.9 Å². The van der Waals surface area contributed by atoms with Gasteiger partial charge in [0, 0.05) is 0 Å². The Balaban J connectivity index is 1.76. The van der Waals surface area contributed by atoms with E-state index in [1.54, 1.807) is 7.11 Å². The second-order valence-corrected chi connectivity index (χ2v) is 8.02. The fourth-order valence-electron chi connectivity index (χ4n) is 3.99. The first kappa shape index (κ1) is 19.0. The Morgan fingerprint density at radius 1 is 1.18 bits per heavy atom. The summed E-state index contributed by atoms with van der Waals surface area (Å²) in [4.78, 5) is 0. The molecular formula is C23H28N2O3. The van der Waals surface area contributed by atoms with Crippen LogP contribution in [0.4, 0.5) is 0 Å². The number of hydrogen-bond acceptors (Lipinski definition) is 4. The van der Waals surface area contributed by atoms with Crippen molar-refractivity contribution in [2.75, 3.05) is 7.11 Å². The summed E-state index contributed by atoms with van der Waals surface area (Å²) in [6.45, 7) is 2.20. The second kappa shape index (κ2) is 7.57. The summed E-state index contributed by atoms with van der Waals surface area (Å²) in [5.41, 5.74) is 2.71. The monoisotopic (exact) mass is 380 g/mol.